The van der Waals surface area contributed by atoms with Gasteiger partial charge in [-0.2, -0.15) is 0 Å². The van der Waals surface area contributed by atoms with Crippen LogP contribution in [0.3, 0.4) is 0 Å². The molecule has 0 saturated heterocycles. The molecule has 0 spiro atoms. The van der Waals surface area contributed by atoms with Crippen molar-refractivity contribution >= 4 is 17.4 Å². The highest BCUT2D eigenvalue weighted by atomic mass is 32.2. The van der Waals surface area contributed by atoms with Crippen LogP contribution in [0, 0.1) is 13.8 Å². The lowest BCUT2D eigenvalue weighted by Gasteiger charge is -2.21. The fourth-order valence-corrected chi connectivity index (χ4v) is 2.64. The van der Waals surface area contributed by atoms with Crippen LogP contribution in [0.4, 0.5) is 5.69 Å². The van der Waals surface area contributed by atoms with Crippen molar-refractivity contribution in [2.24, 2.45) is 0 Å². The van der Waals surface area contributed by atoms with E-state index in [0.717, 1.165) is 9.92 Å². The first-order valence-electron chi connectivity index (χ1n) is 6.95. The predicted octanol–water partition coefficient (Wildman–Crippen LogP) is 4.61. The van der Waals surface area contributed by atoms with Gasteiger partial charge in [-0.3, -0.25) is 0 Å². The number of aryl methyl sites for hydroxylation is 2. The Balaban J connectivity index is 2.24. The van der Waals surface area contributed by atoms with Crippen molar-refractivity contribution in [1.82, 2.24) is 4.98 Å². The lowest BCUT2D eigenvalue weighted by Crippen LogP contribution is -2.24. The summed E-state index contributed by atoms with van der Waals surface area (Å²) in [5.74, 6) is 0.497. The fourth-order valence-electron chi connectivity index (χ4n) is 1.76. The SMILES string of the molecule is Cc1ccc(Sc2ccc(N)c(OC(C)(C)C)n2)cc1C. The van der Waals surface area contributed by atoms with Crippen molar-refractivity contribution in [2.75, 3.05) is 5.73 Å². The average molecular weight is 302 g/mol. The quantitative estimate of drug-likeness (QED) is 0.899. The number of benzene rings is 1. The zero-order valence-electron chi connectivity index (χ0n) is 13.2. The number of nitrogen functional groups attached to an aromatic ring is 1. The number of rotatable bonds is 3. The first kappa shape index (κ1) is 15.7. The second-order valence-electron chi connectivity index (χ2n) is 6.11. The average Bonchev–Trinajstić information content (AvgIpc) is 2.36. The number of pyridine rings is 1. The smallest absolute Gasteiger partial charge is 0.238 e. The molecule has 0 fully saturated rings. The van der Waals surface area contributed by atoms with E-state index in [9.17, 15) is 0 Å². The van der Waals surface area contributed by atoms with Crippen molar-refractivity contribution < 1.29 is 4.74 Å². The third-order valence-electron chi connectivity index (χ3n) is 2.97. The highest BCUT2D eigenvalue weighted by molar-refractivity contribution is 7.99. The van der Waals surface area contributed by atoms with E-state index in [4.69, 9.17) is 10.5 Å². The van der Waals surface area contributed by atoms with Crippen LogP contribution >= 0.6 is 11.8 Å². The van der Waals surface area contributed by atoms with Crippen LogP contribution < -0.4 is 10.5 Å². The number of ether oxygens (including phenoxy) is 1. The molecular formula is C17H22N2OS. The Morgan fingerprint density at radius 3 is 2.38 bits per heavy atom. The number of anilines is 1. The molecule has 2 rings (SSSR count). The Kier molecular flexibility index (Phi) is 4.47. The molecular weight excluding hydrogens is 280 g/mol. The second-order valence-corrected chi connectivity index (χ2v) is 7.20. The first-order chi connectivity index (χ1) is 9.74. The van der Waals surface area contributed by atoms with Crippen molar-refractivity contribution in [3.63, 3.8) is 0 Å². The van der Waals surface area contributed by atoms with Crippen molar-refractivity contribution in [3.8, 4) is 5.88 Å². The highest BCUT2D eigenvalue weighted by Crippen LogP contribution is 2.32. The van der Waals surface area contributed by atoms with Crippen molar-refractivity contribution in [2.45, 2.75) is 50.1 Å². The molecule has 0 aliphatic rings. The van der Waals surface area contributed by atoms with E-state index >= 15 is 0 Å². The molecule has 0 amide bonds. The van der Waals surface area contributed by atoms with Crippen LogP contribution in [-0.4, -0.2) is 10.6 Å². The Hall–Kier alpha value is -1.68. The maximum atomic E-state index is 5.94. The minimum absolute atomic E-state index is 0.315. The zero-order valence-corrected chi connectivity index (χ0v) is 14.0. The zero-order chi connectivity index (χ0) is 15.6. The molecule has 0 unspecified atom stereocenters. The Labute approximate surface area is 130 Å². The molecule has 21 heavy (non-hydrogen) atoms. The lowest BCUT2D eigenvalue weighted by molar-refractivity contribution is 0.124. The molecule has 0 atom stereocenters. The summed E-state index contributed by atoms with van der Waals surface area (Å²) in [4.78, 5) is 5.68. The molecule has 4 heteroatoms. The summed E-state index contributed by atoms with van der Waals surface area (Å²) in [5.41, 5.74) is 8.76. The number of hydrogen-bond donors (Lipinski definition) is 1. The van der Waals surface area contributed by atoms with Crippen molar-refractivity contribution in [1.29, 1.82) is 0 Å². The van der Waals surface area contributed by atoms with Crippen LogP contribution in [0.25, 0.3) is 0 Å². The van der Waals surface area contributed by atoms with Gasteiger partial charge in [0, 0.05) is 4.90 Å². The van der Waals surface area contributed by atoms with Gasteiger partial charge in [0.1, 0.15) is 10.6 Å². The van der Waals surface area contributed by atoms with Crippen LogP contribution in [0.2, 0.25) is 0 Å². The lowest BCUT2D eigenvalue weighted by atomic mass is 10.1. The number of hydrogen-bond acceptors (Lipinski definition) is 4. The molecule has 3 nitrogen and oxygen atoms in total. The van der Waals surface area contributed by atoms with Gasteiger partial charge in [0.2, 0.25) is 5.88 Å². The molecule has 0 bridgehead atoms. The summed E-state index contributed by atoms with van der Waals surface area (Å²) >= 11 is 1.61. The number of nitrogens with zero attached hydrogens (tertiary/aromatic N) is 1. The third kappa shape index (κ3) is 4.39. The van der Waals surface area contributed by atoms with Gasteiger partial charge in [-0.15, -0.1) is 0 Å². The summed E-state index contributed by atoms with van der Waals surface area (Å²) in [6.45, 7) is 10.2. The summed E-state index contributed by atoms with van der Waals surface area (Å²) in [7, 11) is 0. The van der Waals surface area contributed by atoms with Gasteiger partial charge in [0.25, 0.3) is 0 Å². The number of aromatic nitrogens is 1. The minimum atomic E-state index is -0.315. The summed E-state index contributed by atoms with van der Waals surface area (Å²) < 4.78 is 5.80. The molecule has 1 heterocycles. The standard InChI is InChI=1S/C17H22N2OS/c1-11-6-7-13(10-12(11)2)21-15-9-8-14(18)16(19-15)20-17(3,4)5/h6-10H,18H2,1-5H3. The third-order valence-corrected chi connectivity index (χ3v) is 3.89. The van der Waals surface area contributed by atoms with E-state index in [2.05, 4.69) is 37.0 Å². The van der Waals surface area contributed by atoms with E-state index in [1.54, 1.807) is 11.8 Å². The Morgan fingerprint density at radius 1 is 1.05 bits per heavy atom. The van der Waals surface area contributed by atoms with Crippen LogP contribution in [0.15, 0.2) is 40.3 Å². The molecule has 2 N–H and O–H groups in total. The topological polar surface area (TPSA) is 48.1 Å². The van der Waals surface area contributed by atoms with Gasteiger partial charge in [-0.25, -0.2) is 4.98 Å². The van der Waals surface area contributed by atoms with Gasteiger partial charge in [-0.1, -0.05) is 17.8 Å². The molecule has 1 aromatic heterocycles. The molecule has 1 aromatic carbocycles. The molecule has 112 valence electrons. The van der Waals surface area contributed by atoms with E-state index in [-0.39, 0.29) is 5.60 Å². The van der Waals surface area contributed by atoms with E-state index < -0.39 is 0 Å². The van der Waals surface area contributed by atoms with Crippen molar-refractivity contribution in [3.05, 3.63) is 41.5 Å². The Bertz CT molecular complexity index is 648. The molecule has 0 aliphatic carbocycles. The fraction of sp³-hybridized carbons (Fsp3) is 0.353. The summed E-state index contributed by atoms with van der Waals surface area (Å²) in [6.07, 6.45) is 0. The highest BCUT2D eigenvalue weighted by Gasteiger charge is 2.15. The van der Waals surface area contributed by atoms with Gasteiger partial charge in [0.05, 0.1) is 5.69 Å². The molecule has 0 aliphatic heterocycles. The van der Waals surface area contributed by atoms with Gasteiger partial charge >= 0.3 is 0 Å². The van der Waals surface area contributed by atoms with Crippen LogP contribution in [0.1, 0.15) is 31.9 Å². The van der Waals surface area contributed by atoms with Gasteiger partial charge in [-0.05, 0) is 70.0 Å². The van der Waals surface area contributed by atoms with E-state index in [1.165, 1.54) is 11.1 Å². The molecule has 0 radical (unpaired) electrons. The monoisotopic (exact) mass is 302 g/mol. The number of nitrogens with two attached hydrogens (primary N) is 1. The molecule has 0 saturated carbocycles. The Morgan fingerprint density at radius 2 is 1.76 bits per heavy atom. The summed E-state index contributed by atoms with van der Waals surface area (Å²) in [6, 6.07) is 10.2. The van der Waals surface area contributed by atoms with Gasteiger partial charge < -0.3 is 10.5 Å². The van der Waals surface area contributed by atoms with Gasteiger partial charge in [0.15, 0.2) is 0 Å². The van der Waals surface area contributed by atoms with E-state index in [1.807, 2.05) is 32.9 Å². The van der Waals surface area contributed by atoms with Crippen LogP contribution in [-0.2, 0) is 0 Å². The minimum Gasteiger partial charge on any atom is -0.470 e. The van der Waals surface area contributed by atoms with E-state index in [0.29, 0.717) is 11.6 Å². The maximum absolute atomic E-state index is 5.94. The second kappa shape index (κ2) is 5.98. The normalized spacial score (nSPS) is 11.5. The maximum Gasteiger partial charge on any atom is 0.238 e. The summed E-state index contributed by atoms with van der Waals surface area (Å²) in [5, 5.41) is 0.881. The molecule has 2 aromatic rings. The van der Waals surface area contributed by atoms with Crippen LogP contribution in [0.5, 0.6) is 5.88 Å². The first-order valence-corrected chi connectivity index (χ1v) is 7.77. The predicted molar refractivity (Wildman–Crippen MR) is 89.1 cm³/mol. The largest absolute Gasteiger partial charge is 0.470 e.